The molecule has 2 heterocycles. The lowest BCUT2D eigenvalue weighted by atomic mass is 9.97. The number of likely N-dealkylation sites (tertiary alicyclic amines) is 1. The van der Waals surface area contributed by atoms with Crippen LogP contribution in [0.4, 0.5) is 0 Å². The van der Waals surface area contributed by atoms with Gasteiger partial charge in [-0.3, -0.25) is 9.58 Å². The smallest absolute Gasteiger partial charge is 0.0764 e. The molecule has 1 saturated heterocycles. The molecule has 17 heavy (non-hydrogen) atoms. The summed E-state index contributed by atoms with van der Waals surface area (Å²) in [5.41, 5.74) is 1.19. The van der Waals surface area contributed by atoms with Crippen molar-refractivity contribution in [2.45, 2.75) is 26.3 Å². The summed E-state index contributed by atoms with van der Waals surface area (Å²) in [6, 6.07) is 2.12. The van der Waals surface area contributed by atoms with Gasteiger partial charge in [-0.25, -0.2) is 0 Å². The number of nitrogens with zero attached hydrogens (tertiary/aromatic N) is 3. The Balaban J connectivity index is 1.72. The predicted octanol–water partition coefficient (Wildman–Crippen LogP) is 1.24. The first-order valence-electron chi connectivity index (χ1n) is 6.69. The number of rotatable bonds is 5. The Hall–Kier alpha value is -0.870. The lowest BCUT2D eigenvalue weighted by Crippen LogP contribution is -2.36. The minimum Gasteiger partial charge on any atom is -0.317 e. The van der Waals surface area contributed by atoms with Crippen LogP contribution in [0.5, 0.6) is 0 Å². The Labute approximate surface area is 104 Å². The van der Waals surface area contributed by atoms with E-state index in [1.165, 1.54) is 38.2 Å². The third-order valence-corrected chi connectivity index (χ3v) is 3.54. The zero-order valence-electron chi connectivity index (χ0n) is 11.0. The quantitative estimate of drug-likeness (QED) is 0.835. The van der Waals surface area contributed by atoms with Crippen LogP contribution in [0.3, 0.4) is 0 Å². The van der Waals surface area contributed by atoms with E-state index in [0.29, 0.717) is 0 Å². The standard InChI is InChI=1S/C13H24N4/c1-3-14-10-12-4-8-17(9-5-12)11-13-6-7-16(2)15-13/h6-7,12,14H,3-5,8-11H2,1-2H3. The van der Waals surface area contributed by atoms with Crippen LogP contribution in [0.2, 0.25) is 0 Å². The van der Waals surface area contributed by atoms with Crippen molar-refractivity contribution >= 4 is 0 Å². The topological polar surface area (TPSA) is 33.1 Å². The van der Waals surface area contributed by atoms with Gasteiger partial charge in [-0.15, -0.1) is 0 Å². The zero-order chi connectivity index (χ0) is 12.1. The molecular formula is C13H24N4. The third-order valence-electron chi connectivity index (χ3n) is 3.54. The fourth-order valence-corrected chi connectivity index (χ4v) is 2.47. The number of aromatic nitrogens is 2. The number of aryl methyl sites for hydroxylation is 1. The Morgan fingerprint density at radius 2 is 2.18 bits per heavy atom. The molecule has 4 nitrogen and oxygen atoms in total. The maximum atomic E-state index is 4.44. The number of nitrogens with one attached hydrogen (secondary N) is 1. The molecule has 0 aromatic carbocycles. The van der Waals surface area contributed by atoms with Crippen LogP contribution >= 0.6 is 0 Å². The number of hydrogen-bond acceptors (Lipinski definition) is 3. The molecule has 1 N–H and O–H groups in total. The fourth-order valence-electron chi connectivity index (χ4n) is 2.47. The molecule has 0 saturated carbocycles. The Bertz CT molecular complexity index is 326. The van der Waals surface area contributed by atoms with Gasteiger partial charge in [0.25, 0.3) is 0 Å². The van der Waals surface area contributed by atoms with Gasteiger partial charge in [-0.05, 0) is 51.0 Å². The van der Waals surface area contributed by atoms with E-state index in [1.807, 2.05) is 17.9 Å². The van der Waals surface area contributed by atoms with E-state index in [4.69, 9.17) is 0 Å². The van der Waals surface area contributed by atoms with Crippen LogP contribution in [0.15, 0.2) is 12.3 Å². The first-order valence-corrected chi connectivity index (χ1v) is 6.69. The van der Waals surface area contributed by atoms with Gasteiger partial charge < -0.3 is 5.32 Å². The van der Waals surface area contributed by atoms with Crippen molar-refractivity contribution in [3.8, 4) is 0 Å². The lowest BCUT2D eigenvalue weighted by Gasteiger charge is -2.31. The maximum Gasteiger partial charge on any atom is 0.0764 e. The van der Waals surface area contributed by atoms with Crippen molar-refractivity contribution in [3.63, 3.8) is 0 Å². The van der Waals surface area contributed by atoms with E-state index >= 15 is 0 Å². The molecule has 0 unspecified atom stereocenters. The van der Waals surface area contributed by atoms with Crippen LogP contribution in [-0.4, -0.2) is 40.9 Å². The van der Waals surface area contributed by atoms with Gasteiger partial charge in [-0.1, -0.05) is 6.92 Å². The van der Waals surface area contributed by atoms with Crippen LogP contribution in [0, 0.1) is 5.92 Å². The highest BCUT2D eigenvalue weighted by atomic mass is 15.3. The molecule has 2 rings (SSSR count). The fraction of sp³-hybridized carbons (Fsp3) is 0.769. The molecule has 1 aliphatic rings. The Kier molecular flexibility index (Phi) is 4.57. The lowest BCUT2D eigenvalue weighted by molar-refractivity contribution is 0.174. The molecular weight excluding hydrogens is 212 g/mol. The molecule has 1 fully saturated rings. The van der Waals surface area contributed by atoms with Crippen LogP contribution < -0.4 is 5.32 Å². The first-order chi connectivity index (χ1) is 8.28. The minimum absolute atomic E-state index is 0.870. The maximum absolute atomic E-state index is 4.44. The van der Waals surface area contributed by atoms with E-state index < -0.39 is 0 Å². The third kappa shape index (κ3) is 3.82. The summed E-state index contributed by atoms with van der Waals surface area (Å²) in [6.45, 7) is 7.90. The molecule has 0 amide bonds. The van der Waals surface area contributed by atoms with Gasteiger partial charge in [0.2, 0.25) is 0 Å². The molecule has 0 radical (unpaired) electrons. The number of hydrogen-bond donors (Lipinski definition) is 1. The van der Waals surface area contributed by atoms with Gasteiger partial charge in [0, 0.05) is 19.8 Å². The van der Waals surface area contributed by atoms with Crippen LogP contribution in [0.1, 0.15) is 25.5 Å². The highest BCUT2D eigenvalue weighted by Gasteiger charge is 2.19. The van der Waals surface area contributed by atoms with Gasteiger partial charge >= 0.3 is 0 Å². The second kappa shape index (κ2) is 6.17. The van der Waals surface area contributed by atoms with Crippen LogP contribution in [-0.2, 0) is 13.6 Å². The summed E-state index contributed by atoms with van der Waals surface area (Å²) in [5, 5.41) is 7.89. The summed E-state index contributed by atoms with van der Waals surface area (Å²) >= 11 is 0. The summed E-state index contributed by atoms with van der Waals surface area (Å²) in [5.74, 6) is 0.870. The van der Waals surface area contributed by atoms with Crippen molar-refractivity contribution in [3.05, 3.63) is 18.0 Å². The monoisotopic (exact) mass is 236 g/mol. The molecule has 0 spiro atoms. The summed E-state index contributed by atoms with van der Waals surface area (Å²) in [7, 11) is 1.98. The molecule has 96 valence electrons. The molecule has 1 aliphatic heterocycles. The highest BCUT2D eigenvalue weighted by molar-refractivity contribution is 4.98. The van der Waals surface area contributed by atoms with Crippen molar-refractivity contribution in [2.24, 2.45) is 13.0 Å². The van der Waals surface area contributed by atoms with Gasteiger partial charge in [-0.2, -0.15) is 5.10 Å². The second-order valence-electron chi connectivity index (χ2n) is 5.01. The normalized spacial score (nSPS) is 18.7. The first kappa shape index (κ1) is 12.6. The van der Waals surface area contributed by atoms with E-state index in [-0.39, 0.29) is 0 Å². The summed E-state index contributed by atoms with van der Waals surface area (Å²) in [4.78, 5) is 2.52. The molecule has 1 aromatic heterocycles. The molecule has 4 heteroatoms. The largest absolute Gasteiger partial charge is 0.317 e. The summed E-state index contributed by atoms with van der Waals surface area (Å²) < 4.78 is 1.88. The minimum atomic E-state index is 0.870. The SMILES string of the molecule is CCNCC1CCN(Cc2ccn(C)n2)CC1. The number of piperidine rings is 1. The molecule has 0 bridgehead atoms. The highest BCUT2D eigenvalue weighted by Crippen LogP contribution is 2.17. The van der Waals surface area contributed by atoms with Gasteiger partial charge in [0.05, 0.1) is 5.69 Å². The predicted molar refractivity (Wildman–Crippen MR) is 69.8 cm³/mol. The summed E-state index contributed by atoms with van der Waals surface area (Å²) in [6.07, 6.45) is 4.66. The van der Waals surface area contributed by atoms with E-state index in [0.717, 1.165) is 19.0 Å². The Morgan fingerprint density at radius 3 is 2.76 bits per heavy atom. The van der Waals surface area contributed by atoms with Crippen molar-refractivity contribution in [1.82, 2.24) is 20.0 Å². The van der Waals surface area contributed by atoms with E-state index in [2.05, 4.69) is 28.3 Å². The van der Waals surface area contributed by atoms with E-state index in [1.54, 1.807) is 0 Å². The molecule has 0 atom stereocenters. The Morgan fingerprint density at radius 1 is 1.41 bits per heavy atom. The van der Waals surface area contributed by atoms with Crippen LogP contribution in [0.25, 0.3) is 0 Å². The molecule has 1 aromatic rings. The van der Waals surface area contributed by atoms with Crippen molar-refractivity contribution in [2.75, 3.05) is 26.2 Å². The average molecular weight is 236 g/mol. The zero-order valence-corrected chi connectivity index (χ0v) is 11.0. The second-order valence-corrected chi connectivity index (χ2v) is 5.01. The van der Waals surface area contributed by atoms with Gasteiger partial charge in [0.1, 0.15) is 0 Å². The van der Waals surface area contributed by atoms with Gasteiger partial charge in [0.15, 0.2) is 0 Å². The van der Waals surface area contributed by atoms with E-state index in [9.17, 15) is 0 Å². The molecule has 0 aliphatic carbocycles. The van der Waals surface area contributed by atoms with Crippen molar-refractivity contribution < 1.29 is 0 Å². The van der Waals surface area contributed by atoms with Crippen molar-refractivity contribution in [1.29, 1.82) is 0 Å². The average Bonchev–Trinajstić information content (AvgIpc) is 2.74.